The minimum atomic E-state index is -1.11. The van der Waals surface area contributed by atoms with Crippen molar-refractivity contribution in [2.75, 3.05) is 18.1 Å². The standard InChI is InChI=1S/C20H43NS.C7H6O3/c1-2-3-4-5-6-7-8-9-10-11-12-13-14-15-16-17-19-22-20-18-21;8-6-4-2-1-3-5(6)7(9)10/h2-21H2,1H3;1-4,8H,(H,9,10). The summed E-state index contributed by atoms with van der Waals surface area (Å²) in [5, 5.41) is 17.3. The number of carboxylic acid groups (broad SMARTS) is 1. The highest BCUT2D eigenvalue weighted by Crippen LogP contribution is 2.15. The Bertz CT molecular complexity index is 519. The molecule has 0 heterocycles. The maximum Gasteiger partial charge on any atom is 0.339 e. The summed E-state index contributed by atoms with van der Waals surface area (Å²) < 4.78 is 0. The molecule has 0 saturated carbocycles. The lowest BCUT2D eigenvalue weighted by atomic mass is 10.0. The van der Waals surface area contributed by atoms with Crippen LogP contribution in [0, 0.1) is 0 Å². The zero-order valence-corrected chi connectivity index (χ0v) is 21.3. The highest BCUT2D eigenvalue weighted by Gasteiger charge is 2.05. The Balaban J connectivity index is 0.000000792. The van der Waals surface area contributed by atoms with Crippen LogP contribution in [-0.2, 0) is 0 Å². The van der Waals surface area contributed by atoms with Crippen molar-refractivity contribution in [1.82, 2.24) is 0 Å². The SMILES string of the molecule is CCCCCCCCCCCCCCCCCCSCCN.O=C(O)c1ccccc1O. The first-order valence-electron chi connectivity index (χ1n) is 12.9. The lowest BCUT2D eigenvalue weighted by Gasteiger charge is -2.03. The molecule has 0 amide bonds. The average molecular weight is 468 g/mol. The Labute approximate surface area is 201 Å². The molecule has 1 rings (SSSR count). The lowest BCUT2D eigenvalue weighted by molar-refractivity contribution is 0.0693. The van der Waals surface area contributed by atoms with E-state index in [0.717, 1.165) is 12.3 Å². The van der Waals surface area contributed by atoms with Gasteiger partial charge < -0.3 is 15.9 Å². The van der Waals surface area contributed by atoms with Crippen molar-refractivity contribution in [3.05, 3.63) is 29.8 Å². The summed E-state index contributed by atoms with van der Waals surface area (Å²) in [4.78, 5) is 10.3. The molecular weight excluding hydrogens is 418 g/mol. The Morgan fingerprint density at radius 2 is 1.19 bits per heavy atom. The van der Waals surface area contributed by atoms with Crippen LogP contribution in [0.25, 0.3) is 0 Å². The van der Waals surface area contributed by atoms with Crippen molar-refractivity contribution in [2.24, 2.45) is 5.73 Å². The first kappa shape index (κ1) is 30.8. The van der Waals surface area contributed by atoms with E-state index in [-0.39, 0.29) is 11.3 Å². The predicted octanol–water partition coefficient (Wildman–Crippen LogP) is 8.03. The topological polar surface area (TPSA) is 83.6 Å². The van der Waals surface area contributed by atoms with Crippen LogP contribution in [0.5, 0.6) is 5.75 Å². The first-order valence-corrected chi connectivity index (χ1v) is 14.1. The summed E-state index contributed by atoms with van der Waals surface area (Å²) in [6.07, 6.45) is 23.3. The number of carbonyl (C=O) groups is 1. The molecule has 0 atom stereocenters. The van der Waals surface area contributed by atoms with Gasteiger partial charge in [0.1, 0.15) is 11.3 Å². The van der Waals surface area contributed by atoms with Crippen LogP contribution in [0.15, 0.2) is 24.3 Å². The van der Waals surface area contributed by atoms with Crippen molar-refractivity contribution in [1.29, 1.82) is 0 Å². The van der Waals surface area contributed by atoms with Gasteiger partial charge in [-0.25, -0.2) is 4.79 Å². The van der Waals surface area contributed by atoms with E-state index in [1.165, 1.54) is 121 Å². The quantitative estimate of drug-likeness (QED) is 0.169. The Hall–Kier alpha value is -1.20. The van der Waals surface area contributed by atoms with Gasteiger partial charge in [-0.05, 0) is 24.3 Å². The lowest BCUT2D eigenvalue weighted by Crippen LogP contribution is -2.01. The van der Waals surface area contributed by atoms with Gasteiger partial charge in [0.05, 0.1) is 0 Å². The van der Waals surface area contributed by atoms with Crippen LogP contribution in [0.3, 0.4) is 0 Å². The van der Waals surface area contributed by atoms with Crippen molar-refractivity contribution in [3.8, 4) is 5.75 Å². The normalized spacial score (nSPS) is 10.6. The average Bonchev–Trinajstić information content (AvgIpc) is 2.79. The van der Waals surface area contributed by atoms with E-state index in [9.17, 15) is 4.79 Å². The maximum absolute atomic E-state index is 10.3. The number of benzene rings is 1. The molecule has 0 saturated heterocycles. The number of para-hydroxylation sites is 1. The van der Waals surface area contributed by atoms with E-state index >= 15 is 0 Å². The van der Waals surface area contributed by atoms with Gasteiger partial charge in [0.15, 0.2) is 0 Å². The monoisotopic (exact) mass is 467 g/mol. The van der Waals surface area contributed by atoms with Gasteiger partial charge in [0, 0.05) is 12.3 Å². The minimum Gasteiger partial charge on any atom is -0.507 e. The van der Waals surface area contributed by atoms with Gasteiger partial charge in [-0.2, -0.15) is 11.8 Å². The first-order chi connectivity index (χ1) is 15.6. The summed E-state index contributed by atoms with van der Waals surface area (Å²) in [7, 11) is 0. The van der Waals surface area contributed by atoms with E-state index in [0.29, 0.717) is 0 Å². The number of rotatable bonds is 20. The smallest absolute Gasteiger partial charge is 0.339 e. The van der Waals surface area contributed by atoms with E-state index in [4.69, 9.17) is 15.9 Å². The highest BCUT2D eigenvalue weighted by atomic mass is 32.2. The van der Waals surface area contributed by atoms with Gasteiger partial charge in [0.25, 0.3) is 0 Å². The number of nitrogens with two attached hydrogens (primary N) is 1. The number of aromatic carboxylic acids is 1. The number of carboxylic acids is 1. The van der Waals surface area contributed by atoms with Gasteiger partial charge in [-0.3, -0.25) is 0 Å². The molecule has 1 aromatic carbocycles. The minimum absolute atomic E-state index is 0.0671. The second kappa shape index (κ2) is 24.4. The molecule has 0 radical (unpaired) electrons. The molecular formula is C27H49NO3S. The largest absolute Gasteiger partial charge is 0.507 e. The Morgan fingerprint density at radius 1 is 0.750 bits per heavy atom. The van der Waals surface area contributed by atoms with Crippen molar-refractivity contribution >= 4 is 17.7 Å². The second-order valence-corrected chi connectivity index (χ2v) is 9.75. The van der Waals surface area contributed by atoms with Crippen LogP contribution < -0.4 is 5.73 Å². The summed E-state index contributed by atoms with van der Waals surface area (Å²) in [6.45, 7) is 3.13. The molecule has 4 nitrogen and oxygen atoms in total. The van der Waals surface area contributed by atoms with Gasteiger partial charge >= 0.3 is 5.97 Å². The number of hydrogen-bond donors (Lipinski definition) is 3. The zero-order valence-electron chi connectivity index (χ0n) is 20.5. The molecule has 0 unspecified atom stereocenters. The van der Waals surface area contributed by atoms with Gasteiger partial charge in [0.2, 0.25) is 0 Å². The van der Waals surface area contributed by atoms with E-state index in [1.807, 2.05) is 11.8 Å². The highest BCUT2D eigenvalue weighted by molar-refractivity contribution is 7.99. The molecule has 4 N–H and O–H groups in total. The molecule has 1 aromatic rings. The molecule has 0 aromatic heterocycles. The fraction of sp³-hybridized carbons (Fsp3) is 0.741. The zero-order chi connectivity index (χ0) is 23.7. The van der Waals surface area contributed by atoms with E-state index in [2.05, 4.69) is 6.92 Å². The number of phenols is 1. The van der Waals surface area contributed by atoms with Crippen molar-refractivity contribution < 1.29 is 15.0 Å². The molecule has 5 heteroatoms. The molecule has 0 aliphatic rings. The molecule has 0 aliphatic heterocycles. The maximum atomic E-state index is 10.3. The van der Waals surface area contributed by atoms with Gasteiger partial charge in [-0.1, -0.05) is 115 Å². The molecule has 32 heavy (non-hydrogen) atoms. The van der Waals surface area contributed by atoms with Crippen molar-refractivity contribution in [2.45, 2.75) is 110 Å². The fourth-order valence-electron chi connectivity index (χ4n) is 3.59. The summed E-state index contributed by atoms with van der Waals surface area (Å²) in [6, 6.07) is 5.81. The van der Waals surface area contributed by atoms with Crippen LogP contribution in [0.1, 0.15) is 120 Å². The molecule has 0 spiro atoms. The van der Waals surface area contributed by atoms with Crippen molar-refractivity contribution in [3.63, 3.8) is 0 Å². The van der Waals surface area contributed by atoms with Crippen LogP contribution in [0.4, 0.5) is 0 Å². The van der Waals surface area contributed by atoms with Gasteiger partial charge in [-0.15, -0.1) is 0 Å². The fourth-order valence-corrected chi connectivity index (χ4v) is 4.37. The summed E-state index contributed by atoms with van der Waals surface area (Å²) in [5.41, 5.74) is 5.41. The molecule has 0 fully saturated rings. The summed E-state index contributed by atoms with van der Waals surface area (Å²) in [5.74, 6) is 1.14. The number of aromatic hydroxyl groups is 1. The third-order valence-corrected chi connectivity index (χ3v) is 6.64. The Morgan fingerprint density at radius 3 is 1.56 bits per heavy atom. The van der Waals surface area contributed by atoms with Crippen LogP contribution >= 0.6 is 11.8 Å². The number of unbranched alkanes of at least 4 members (excludes halogenated alkanes) is 15. The Kier molecular flexibility index (Phi) is 23.5. The predicted molar refractivity (Wildman–Crippen MR) is 141 cm³/mol. The number of thioether (sulfide) groups is 1. The molecule has 0 bridgehead atoms. The van der Waals surface area contributed by atoms with Crippen LogP contribution in [0.2, 0.25) is 0 Å². The third kappa shape index (κ3) is 20.7. The van der Waals surface area contributed by atoms with E-state index in [1.54, 1.807) is 12.1 Å². The number of hydrogen-bond acceptors (Lipinski definition) is 4. The van der Waals surface area contributed by atoms with E-state index < -0.39 is 5.97 Å². The van der Waals surface area contributed by atoms with Crippen LogP contribution in [-0.4, -0.2) is 34.2 Å². The third-order valence-electron chi connectivity index (χ3n) is 5.54. The molecule has 0 aliphatic carbocycles. The second-order valence-electron chi connectivity index (χ2n) is 8.53. The molecule has 186 valence electrons. The summed E-state index contributed by atoms with van der Waals surface area (Å²) >= 11 is 2.01.